The van der Waals surface area contributed by atoms with Crippen LogP contribution in [-0.2, 0) is 13.5 Å². The monoisotopic (exact) mass is 250 g/mol. The summed E-state index contributed by atoms with van der Waals surface area (Å²) < 4.78 is 1.36. The molecule has 1 heterocycles. The fourth-order valence-corrected chi connectivity index (χ4v) is 1.85. The lowest BCUT2D eigenvalue weighted by Gasteiger charge is -2.00. The average molecular weight is 251 g/mol. The molecule has 1 aromatic heterocycles. The van der Waals surface area contributed by atoms with Gasteiger partial charge in [0.25, 0.3) is 0 Å². The minimum Gasteiger partial charge on any atom is -0.477 e. The van der Waals surface area contributed by atoms with Gasteiger partial charge in [0.15, 0.2) is 0 Å². The van der Waals surface area contributed by atoms with E-state index in [9.17, 15) is 4.79 Å². The Bertz CT molecular complexity index is 563. The zero-order valence-corrected chi connectivity index (χ0v) is 9.98. The van der Waals surface area contributed by atoms with Crippen molar-refractivity contribution in [2.75, 3.05) is 0 Å². The standard InChI is InChI=1S/C12H11ClN2O2/c1-15-11(12(16)17)7-9(14-15)6-8-4-2-3-5-10(8)13/h2-5,7H,6H2,1H3,(H,16,17). The van der Waals surface area contributed by atoms with E-state index in [0.717, 1.165) is 5.56 Å². The van der Waals surface area contributed by atoms with E-state index in [1.165, 1.54) is 4.68 Å². The summed E-state index contributed by atoms with van der Waals surface area (Å²) >= 11 is 6.03. The molecule has 4 nitrogen and oxygen atoms in total. The molecule has 0 aliphatic carbocycles. The number of aromatic carboxylic acids is 1. The van der Waals surface area contributed by atoms with E-state index in [0.29, 0.717) is 17.1 Å². The summed E-state index contributed by atoms with van der Waals surface area (Å²) in [6, 6.07) is 9.01. The predicted octanol–water partition coefficient (Wildman–Crippen LogP) is 2.36. The van der Waals surface area contributed by atoms with Crippen molar-refractivity contribution in [2.45, 2.75) is 6.42 Å². The topological polar surface area (TPSA) is 55.1 Å². The number of carboxylic acid groups (broad SMARTS) is 1. The van der Waals surface area contributed by atoms with Crippen molar-refractivity contribution in [1.29, 1.82) is 0 Å². The Morgan fingerprint density at radius 1 is 1.47 bits per heavy atom. The summed E-state index contributed by atoms with van der Waals surface area (Å²) in [5.41, 5.74) is 1.80. The van der Waals surface area contributed by atoms with Gasteiger partial charge in [-0.15, -0.1) is 0 Å². The third kappa shape index (κ3) is 2.47. The summed E-state index contributed by atoms with van der Waals surface area (Å²) in [6.45, 7) is 0. The molecule has 0 radical (unpaired) electrons. The van der Waals surface area contributed by atoms with E-state index in [4.69, 9.17) is 16.7 Å². The number of halogens is 1. The van der Waals surface area contributed by atoms with E-state index in [2.05, 4.69) is 5.10 Å². The smallest absolute Gasteiger partial charge is 0.354 e. The van der Waals surface area contributed by atoms with Gasteiger partial charge in [-0.05, 0) is 17.7 Å². The number of aromatic nitrogens is 2. The van der Waals surface area contributed by atoms with Crippen LogP contribution in [0, 0.1) is 0 Å². The van der Waals surface area contributed by atoms with Crippen LogP contribution in [0.1, 0.15) is 21.7 Å². The molecule has 0 spiro atoms. The molecule has 0 amide bonds. The Morgan fingerprint density at radius 3 is 2.76 bits per heavy atom. The van der Waals surface area contributed by atoms with Gasteiger partial charge < -0.3 is 5.11 Å². The fourth-order valence-electron chi connectivity index (χ4n) is 1.65. The van der Waals surface area contributed by atoms with Crippen LogP contribution in [0.15, 0.2) is 30.3 Å². The van der Waals surface area contributed by atoms with Gasteiger partial charge in [-0.1, -0.05) is 29.8 Å². The zero-order valence-electron chi connectivity index (χ0n) is 9.22. The van der Waals surface area contributed by atoms with Crippen molar-refractivity contribution < 1.29 is 9.90 Å². The van der Waals surface area contributed by atoms with Gasteiger partial charge in [-0.2, -0.15) is 5.10 Å². The molecule has 0 atom stereocenters. The molecule has 0 aliphatic rings. The van der Waals surface area contributed by atoms with E-state index < -0.39 is 5.97 Å². The molecule has 0 unspecified atom stereocenters. The van der Waals surface area contributed by atoms with Crippen molar-refractivity contribution >= 4 is 17.6 Å². The molecule has 0 saturated heterocycles. The number of nitrogens with zero attached hydrogens (tertiary/aromatic N) is 2. The highest BCUT2D eigenvalue weighted by Gasteiger charge is 2.12. The van der Waals surface area contributed by atoms with Crippen LogP contribution in [0.2, 0.25) is 5.02 Å². The summed E-state index contributed by atoms with van der Waals surface area (Å²) in [5, 5.41) is 13.7. The maximum Gasteiger partial charge on any atom is 0.354 e. The van der Waals surface area contributed by atoms with Crippen LogP contribution in [0.5, 0.6) is 0 Å². The molecule has 0 bridgehead atoms. The number of aryl methyl sites for hydroxylation is 1. The highest BCUT2D eigenvalue weighted by molar-refractivity contribution is 6.31. The summed E-state index contributed by atoms with van der Waals surface area (Å²) in [6.07, 6.45) is 0.529. The van der Waals surface area contributed by atoms with Crippen molar-refractivity contribution in [3.63, 3.8) is 0 Å². The third-order valence-corrected chi connectivity index (χ3v) is 2.85. The Balaban J connectivity index is 2.28. The van der Waals surface area contributed by atoms with Crippen LogP contribution in [0.4, 0.5) is 0 Å². The van der Waals surface area contributed by atoms with Crippen LogP contribution < -0.4 is 0 Å². The third-order valence-electron chi connectivity index (χ3n) is 2.48. The first-order valence-corrected chi connectivity index (χ1v) is 5.45. The van der Waals surface area contributed by atoms with E-state index in [1.54, 1.807) is 19.2 Å². The van der Waals surface area contributed by atoms with Gasteiger partial charge in [0.2, 0.25) is 0 Å². The first-order chi connectivity index (χ1) is 8.08. The fraction of sp³-hybridized carbons (Fsp3) is 0.167. The number of carbonyl (C=O) groups is 1. The molecular weight excluding hydrogens is 240 g/mol. The lowest BCUT2D eigenvalue weighted by molar-refractivity contribution is 0.0685. The second kappa shape index (κ2) is 4.59. The molecule has 88 valence electrons. The van der Waals surface area contributed by atoms with Gasteiger partial charge in [0.05, 0.1) is 5.69 Å². The summed E-state index contributed by atoms with van der Waals surface area (Å²) in [5.74, 6) is -0.981. The van der Waals surface area contributed by atoms with Crippen molar-refractivity contribution in [3.8, 4) is 0 Å². The second-order valence-corrected chi connectivity index (χ2v) is 4.13. The molecule has 2 aromatic rings. The molecular formula is C12H11ClN2O2. The first kappa shape index (κ1) is 11.7. The molecule has 0 aliphatic heterocycles. The second-order valence-electron chi connectivity index (χ2n) is 3.72. The maximum atomic E-state index is 10.9. The van der Waals surface area contributed by atoms with Gasteiger partial charge in [-0.25, -0.2) is 4.79 Å². The largest absolute Gasteiger partial charge is 0.477 e. The van der Waals surface area contributed by atoms with Crippen molar-refractivity contribution in [2.24, 2.45) is 7.05 Å². The molecule has 5 heteroatoms. The van der Waals surface area contributed by atoms with E-state index >= 15 is 0 Å². The predicted molar refractivity (Wildman–Crippen MR) is 64.4 cm³/mol. The van der Waals surface area contributed by atoms with Crippen LogP contribution in [0.3, 0.4) is 0 Å². The van der Waals surface area contributed by atoms with Gasteiger partial charge in [0.1, 0.15) is 5.69 Å². The van der Waals surface area contributed by atoms with Crippen LogP contribution in [-0.4, -0.2) is 20.9 Å². The minimum absolute atomic E-state index is 0.173. The number of rotatable bonds is 3. The number of hydrogen-bond acceptors (Lipinski definition) is 2. The lowest BCUT2D eigenvalue weighted by atomic mass is 10.1. The molecule has 1 aromatic carbocycles. The van der Waals surface area contributed by atoms with Gasteiger partial charge >= 0.3 is 5.97 Å². The quantitative estimate of drug-likeness (QED) is 0.910. The highest BCUT2D eigenvalue weighted by atomic mass is 35.5. The number of benzene rings is 1. The Kier molecular flexibility index (Phi) is 3.15. The summed E-state index contributed by atoms with van der Waals surface area (Å²) in [4.78, 5) is 10.9. The maximum absolute atomic E-state index is 10.9. The Hall–Kier alpha value is -1.81. The number of hydrogen-bond donors (Lipinski definition) is 1. The molecule has 0 fully saturated rings. The SMILES string of the molecule is Cn1nc(Cc2ccccc2Cl)cc1C(=O)O. The lowest BCUT2D eigenvalue weighted by Crippen LogP contribution is -2.04. The normalized spacial score (nSPS) is 10.5. The van der Waals surface area contributed by atoms with Crippen LogP contribution >= 0.6 is 11.6 Å². The highest BCUT2D eigenvalue weighted by Crippen LogP contribution is 2.18. The zero-order chi connectivity index (χ0) is 12.4. The van der Waals surface area contributed by atoms with Crippen molar-refractivity contribution in [3.05, 3.63) is 52.3 Å². The molecule has 1 N–H and O–H groups in total. The Labute approximate surface area is 103 Å². The average Bonchev–Trinajstić information content (AvgIpc) is 2.63. The molecule has 0 saturated carbocycles. The Morgan fingerprint density at radius 2 is 2.18 bits per heavy atom. The van der Waals surface area contributed by atoms with Gasteiger partial charge in [-0.3, -0.25) is 4.68 Å². The van der Waals surface area contributed by atoms with E-state index in [1.807, 2.05) is 18.2 Å². The minimum atomic E-state index is -0.981. The summed E-state index contributed by atoms with van der Waals surface area (Å²) in [7, 11) is 1.61. The van der Waals surface area contributed by atoms with Crippen LogP contribution in [0.25, 0.3) is 0 Å². The van der Waals surface area contributed by atoms with Gasteiger partial charge in [0, 0.05) is 18.5 Å². The van der Waals surface area contributed by atoms with E-state index in [-0.39, 0.29) is 5.69 Å². The molecule has 17 heavy (non-hydrogen) atoms. The van der Waals surface area contributed by atoms with Crippen molar-refractivity contribution in [1.82, 2.24) is 9.78 Å². The number of carboxylic acids is 1. The first-order valence-electron chi connectivity index (χ1n) is 5.07. The molecule has 2 rings (SSSR count).